The summed E-state index contributed by atoms with van der Waals surface area (Å²) in [4.78, 5) is 2.26. The molecule has 2 aromatic heterocycles. The zero-order valence-electron chi connectivity index (χ0n) is 14.3. The Kier molecular flexibility index (Phi) is 4.83. The second-order valence-corrected chi connectivity index (χ2v) is 7.92. The lowest BCUT2D eigenvalue weighted by Crippen LogP contribution is -2.22. The lowest BCUT2D eigenvalue weighted by Gasteiger charge is -2.15. The van der Waals surface area contributed by atoms with E-state index in [0.29, 0.717) is 5.92 Å². The summed E-state index contributed by atoms with van der Waals surface area (Å²) in [5.41, 5.74) is 2.61. The number of rotatable bonds is 7. The van der Waals surface area contributed by atoms with Crippen LogP contribution >= 0.6 is 23.6 Å². The molecule has 1 aromatic carbocycles. The fraction of sp³-hybridized carbons (Fsp3) is 0.368. The second-order valence-electron chi connectivity index (χ2n) is 6.77. The Balaban J connectivity index is 1.56. The maximum atomic E-state index is 5.76. The summed E-state index contributed by atoms with van der Waals surface area (Å²) in [5, 5.41) is 9.19. The maximum absolute atomic E-state index is 5.76. The Hall–Kier alpha value is -1.76. The smallest absolute Gasteiger partial charge is 0.199 e. The van der Waals surface area contributed by atoms with Gasteiger partial charge in [0.25, 0.3) is 0 Å². The van der Waals surface area contributed by atoms with E-state index in [0.717, 1.165) is 30.4 Å². The van der Waals surface area contributed by atoms with Gasteiger partial charge in [-0.05, 0) is 60.1 Å². The first-order chi connectivity index (χ1) is 12.2. The van der Waals surface area contributed by atoms with Crippen molar-refractivity contribution in [2.75, 3.05) is 7.05 Å². The predicted molar refractivity (Wildman–Crippen MR) is 104 cm³/mol. The number of nitrogens with zero attached hydrogens (tertiary/aromatic N) is 4. The number of hydrogen-bond donors (Lipinski definition) is 0. The number of aromatic nitrogens is 3. The molecule has 6 heteroatoms. The first-order valence-electron chi connectivity index (χ1n) is 8.62. The van der Waals surface area contributed by atoms with Gasteiger partial charge >= 0.3 is 0 Å². The van der Waals surface area contributed by atoms with Crippen molar-refractivity contribution in [3.63, 3.8) is 0 Å². The van der Waals surface area contributed by atoms with E-state index in [-0.39, 0.29) is 0 Å². The van der Waals surface area contributed by atoms with Crippen molar-refractivity contribution < 1.29 is 0 Å². The Morgan fingerprint density at radius 1 is 1.20 bits per heavy atom. The molecular formula is C19H22N4S2. The van der Waals surface area contributed by atoms with Gasteiger partial charge in [0.15, 0.2) is 4.77 Å². The van der Waals surface area contributed by atoms with Crippen molar-refractivity contribution in [2.45, 2.75) is 38.5 Å². The number of benzene rings is 1. The van der Waals surface area contributed by atoms with Crippen molar-refractivity contribution in [3.05, 3.63) is 68.9 Å². The molecule has 0 saturated heterocycles. The molecule has 2 heterocycles. The Morgan fingerprint density at radius 3 is 2.68 bits per heavy atom. The third-order valence-electron chi connectivity index (χ3n) is 4.49. The highest BCUT2D eigenvalue weighted by atomic mass is 32.1. The molecule has 3 aromatic rings. The normalized spacial score (nSPS) is 14.3. The van der Waals surface area contributed by atoms with Gasteiger partial charge in [-0.15, -0.1) is 0 Å². The Labute approximate surface area is 157 Å². The maximum Gasteiger partial charge on any atom is 0.199 e. The standard InChI is InChI=1S/C19H22N4S2/c1-21(11-16-9-10-25-13-16)14-23-19(24)22(18(20-23)17-7-8-17)12-15-5-3-2-4-6-15/h2-6,9-10,13,17H,7-8,11-12,14H2,1H3. The fourth-order valence-corrected chi connectivity index (χ4v) is 4.00. The van der Waals surface area contributed by atoms with E-state index in [9.17, 15) is 0 Å². The minimum absolute atomic E-state index is 0.578. The van der Waals surface area contributed by atoms with Crippen LogP contribution in [0, 0.1) is 4.77 Å². The largest absolute Gasteiger partial charge is 0.299 e. The molecule has 0 radical (unpaired) electrons. The summed E-state index contributed by atoms with van der Waals surface area (Å²) in [7, 11) is 2.12. The van der Waals surface area contributed by atoms with E-state index in [1.54, 1.807) is 11.3 Å². The number of hydrogen-bond acceptors (Lipinski definition) is 4. The highest BCUT2D eigenvalue weighted by molar-refractivity contribution is 7.71. The van der Waals surface area contributed by atoms with E-state index in [2.05, 4.69) is 57.6 Å². The van der Waals surface area contributed by atoms with Gasteiger partial charge in [-0.1, -0.05) is 30.3 Å². The van der Waals surface area contributed by atoms with Gasteiger partial charge in [0, 0.05) is 12.5 Å². The van der Waals surface area contributed by atoms with E-state index in [1.807, 2.05) is 10.7 Å². The molecule has 0 aliphatic heterocycles. The molecule has 1 fully saturated rings. The van der Waals surface area contributed by atoms with Gasteiger partial charge < -0.3 is 0 Å². The molecule has 0 bridgehead atoms. The third kappa shape index (κ3) is 3.92. The lowest BCUT2D eigenvalue weighted by molar-refractivity contribution is 0.243. The van der Waals surface area contributed by atoms with Gasteiger partial charge in [0.05, 0.1) is 13.2 Å². The van der Waals surface area contributed by atoms with Crippen molar-refractivity contribution in [1.82, 2.24) is 19.2 Å². The van der Waals surface area contributed by atoms with Crippen LogP contribution in [0.4, 0.5) is 0 Å². The summed E-state index contributed by atoms with van der Waals surface area (Å²) < 4.78 is 5.03. The molecule has 4 nitrogen and oxygen atoms in total. The molecule has 1 aliphatic rings. The summed E-state index contributed by atoms with van der Waals surface area (Å²) in [6, 6.07) is 12.7. The first kappa shape index (κ1) is 16.7. The fourth-order valence-electron chi connectivity index (χ4n) is 3.08. The van der Waals surface area contributed by atoms with E-state index >= 15 is 0 Å². The lowest BCUT2D eigenvalue weighted by atomic mass is 10.2. The summed E-state index contributed by atoms with van der Waals surface area (Å²) in [6.07, 6.45) is 2.45. The van der Waals surface area contributed by atoms with Crippen LogP contribution in [0.1, 0.15) is 35.7 Å². The van der Waals surface area contributed by atoms with E-state index < -0.39 is 0 Å². The van der Waals surface area contributed by atoms with Crippen molar-refractivity contribution >= 4 is 23.6 Å². The van der Waals surface area contributed by atoms with Crippen LogP contribution in [-0.2, 0) is 19.8 Å². The number of thiophene rings is 1. The van der Waals surface area contributed by atoms with Crippen LogP contribution in [0.3, 0.4) is 0 Å². The van der Waals surface area contributed by atoms with Crippen molar-refractivity contribution in [3.8, 4) is 0 Å². The van der Waals surface area contributed by atoms with E-state index in [1.165, 1.54) is 24.0 Å². The Morgan fingerprint density at radius 2 is 2.00 bits per heavy atom. The molecule has 130 valence electrons. The first-order valence-corrected chi connectivity index (χ1v) is 9.97. The van der Waals surface area contributed by atoms with Crippen molar-refractivity contribution in [2.24, 2.45) is 0 Å². The monoisotopic (exact) mass is 370 g/mol. The average Bonchev–Trinajstić information content (AvgIpc) is 3.26. The third-order valence-corrected chi connectivity index (χ3v) is 5.65. The van der Waals surface area contributed by atoms with Crippen LogP contribution in [0.15, 0.2) is 47.2 Å². The van der Waals surface area contributed by atoms with Gasteiger partial charge in [0.1, 0.15) is 5.82 Å². The summed E-state index contributed by atoms with van der Waals surface area (Å²) >= 11 is 7.50. The van der Waals surface area contributed by atoms with E-state index in [4.69, 9.17) is 17.3 Å². The molecule has 4 rings (SSSR count). The van der Waals surface area contributed by atoms with Crippen molar-refractivity contribution in [1.29, 1.82) is 0 Å². The van der Waals surface area contributed by atoms with Gasteiger partial charge in [-0.25, -0.2) is 4.68 Å². The highest BCUT2D eigenvalue weighted by Gasteiger charge is 2.30. The zero-order valence-corrected chi connectivity index (χ0v) is 16.0. The SMILES string of the molecule is CN(Cc1ccsc1)Cn1nc(C2CC2)n(Cc2ccccc2)c1=S. The van der Waals surface area contributed by atoms with Crippen LogP contribution in [-0.4, -0.2) is 26.3 Å². The predicted octanol–water partition coefficient (Wildman–Crippen LogP) is 4.49. The molecule has 0 amide bonds. The minimum Gasteiger partial charge on any atom is -0.299 e. The molecule has 0 unspecified atom stereocenters. The quantitative estimate of drug-likeness (QED) is 0.573. The summed E-state index contributed by atoms with van der Waals surface area (Å²) in [5.74, 6) is 1.73. The molecule has 1 saturated carbocycles. The van der Waals surface area contributed by atoms with Crippen LogP contribution in [0.5, 0.6) is 0 Å². The second kappa shape index (κ2) is 7.23. The topological polar surface area (TPSA) is 26.0 Å². The van der Waals surface area contributed by atoms with Gasteiger partial charge in [-0.3, -0.25) is 9.47 Å². The molecule has 0 spiro atoms. The Bertz CT molecular complexity index is 876. The van der Waals surface area contributed by atoms with Crippen LogP contribution < -0.4 is 0 Å². The van der Waals surface area contributed by atoms with Crippen LogP contribution in [0.25, 0.3) is 0 Å². The minimum atomic E-state index is 0.578. The average molecular weight is 371 g/mol. The summed E-state index contributed by atoms with van der Waals surface area (Å²) in [6.45, 7) is 2.44. The molecule has 1 aliphatic carbocycles. The van der Waals surface area contributed by atoms with Gasteiger partial charge in [-0.2, -0.15) is 16.4 Å². The molecule has 25 heavy (non-hydrogen) atoms. The van der Waals surface area contributed by atoms with Gasteiger partial charge in [0.2, 0.25) is 0 Å². The van der Waals surface area contributed by atoms with Crippen LogP contribution in [0.2, 0.25) is 0 Å². The molecule has 0 atom stereocenters. The molecular weight excluding hydrogens is 348 g/mol. The molecule has 0 N–H and O–H groups in total. The highest BCUT2D eigenvalue weighted by Crippen LogP contribution is 2.39. The zero-order chi connectivity index (χ0) is 17.2.